The van der Waals surface area contributed by atoms with Crippen LogP contribution in [0.5, 0.6) is 0 Å². The second-order valence-electron chi connectivity index (χ2n) is 8.62. The maximum atomic E-state index is 12.9. The number of aliphatic carboxylic acids is 1. The molecular formula is C26H33N3O4. The molecule has 1 atom stereocenters. The van der Waals surface area contributed by atoms with Gasteiger partial charge in [0.2, 0.25) is 0 Å². The van der Waals surface area contributed by atoms with Crippen LogP contribution in [0.3, 0.4) is 0 Å². The first-order valence-corrected chi connectivity index (χ1v) is 11.4. The maximum absolute atomic E-state index is 12.9. The summed E-state index contributed by atoms with van der Waals surface area (Å²) < 4.78 is 5.71. The van der Waals surface area contributed by atoms with Gasteiger partial charge in [-0.2, -0.15) is 0 Å². The Morgan fingerprint density at radius 3 is 2.55 bits per heavy atom. The number of aryl methyl sites for hydroxylation is 1. The van der Waals surface area contributed by atoms with Crippen molar-refractivity contribution in [3.63, 3.8) is 0 Å². The Morgan fingerprint density at radius 2 is 1.91 bits per heavy atom. The van der Waals surface area contributed by atoms with E-state index in [9.17, 15) is 14.7 Å². The van der Waals surface area contributed by atoms with Crippen LogP contribution in [-0.4, -0.2) is 42.9 Å². The average molecular weight is 452 g/mol. The van der Waals surface area contributed by atoms with Gasteiger partial charge in [0, 0.05) is 18.3 Å². The van der Waals surface area contributed by atoms with E-state index in [0.29, 0.717) is 49.0 Å². The molecule has 7 heteroatoms. The standard InChI is InChI=1S/C26H33N3O4/c1-5-19(15-25(30)31)20-8-11-23(29-12-13-33-16-24(29)17(2)3)22(14-20)28-26(32)27-21-9-6-18(4)7-10-21/h6-11,14-15,17,24H,5,12-13,16H2,1-4H3,(H,30,31)(H2,27,28,32)/b19-15+. The van der Waals surface area contributed by atoms with Crippen molar-refractivity contribution >= 4 is 34.6 Å². The predicted octanol–water partition coefficient (Wildman–Crippen LogP) is 5.38. The summed E-state index contributed by atoms with van der Waals surface area (Å²) in [5.74, 6) is -0.632. The number of nitrogens with one attached hydrogen (secondary N) is 2. The molecule has 1 aliphatic rings. The minimum Gasteiger partial charge on any atom is -0.478 e. The molecule has 1 heterocycles. The number of ether oxygens (including phenoxy) is 1. The fourth-order valence-electron chi connectivity index (χ4n) is 4.02. The highest BCUT2D eigenvalue weighted by Crippen LogP contribution is 2.34. The van der Waals surface area contributed by atoms with E-state index in [1.807, 2.05) is 56.3 Å². The molecule has 1 saturated heterocycles. The molecule has 3 rings (SSSR count). The number of amides is 2. The maximum Gasteiger partial charge on any atom is 0.328 e. The highest BCUT2D eigenvalue weighted by Gasteiger charge is 2.28. The molecule has 176 valence electrons. The molecule has 0 bridgehead atoms. The number of carboxylic acids is 1. The molecule has 0 saturated carbocycles. The van der Waals surface area contributed by atoms with Gasteiger partial charge < -0.3 is 25.4 Å². The van der Waals surface area contributed by atoms with E-state index in [-0.39, 0.29) is 12.1 Å². The lowest BCUT2D eigenvalue weighted by molar-refractivity contribution is -0.131. The Kier molecular flexibility index (Phi) is 8.11. The highest BCUT2D eigenvalue weighted by molar-refractivity contribution is 6.02. The van der Waals surface area contributed by atoms with E-state index < -0.39 is 5.97 Å². The first-order chi connectivity index (χ1) is 15.8. The minimum atomic E-state index is -0.990. The Morgan fingerprint density at radius 1 is 1.18 bits per heavy atom. The van der Waals surface area contributed by atoms with E-state index in [1.165, 1.54) is 6.08 Å². The monoisotopic (exact) mass is 451 g/mol. The van der Waals surface area contributed by atoms with E-state index >= 15 is 0 Å². The van der Waals surface area contributed by atoms with Crippen molar-refractivity contribution in [2.75, 3.05) is 35.3 Å². The molecule has 1 aliphatic heterocycles. The molecule has 0 spiro atoms. The third kappa shape index (κ3) is 6.35. The lowest BCUT2D eigenvalue weighted by Crippen LogP contribution is -2.48. The van der Waals surface area contributed by atoms with Crippen molar-refractivity contribution in [2.24, 2.45) is 5.92 Å². The Balaban J connectivity index is 1.97. The van der Waals surface area contributed by atoms with Crippen molar-refractivity contribution in [1.29, 1.82) is 0 Å². The smallest absolute Gasteiger partial charge is 0.328 e. The van der Waals surface area contributed by atoms with E-state index in [4.69, 9.17) is 4.74 Å². The van der Waals surface area contributed by atoms with Crippen LogP contribution in [-0.2, 0) is 9.53 Å². The number of carbonyl (C=O) groups excluding carboxylic acids is 1. The van der Waals surface area contributed by atoms with Crippen molar-refractivity contribution in [3.05, 3.63) is 59.7 Å². The van der Waals surface area contributed by atoms with Gasteiger partial charge in [-0.3, -0.25) is 0 Å². The Labute approximate surface area is 195 Å². The number of nitrogens with zero attached hydrogens (tertiary/aromatic N) is 1. The van der Waals surface area contributed by atoms with Crippen molar-refractivity contribution < 1.29 is 19.4 Å². The fraction of sp³-hybridized carbons (Fsp3) is 0.385. The molecule has 1 unspecified atom stereocenters. The summed E-state index contributed by atoms with van der Waals surface area (Å²) in [7, 11) is 0. The van der Waals surface area contributed by atoms with Crippen molar-refractivity contribution in [2.45, 2.75) is 40.2 Å². The van der Waals surface area contributed by atoms with Crippen LogP contribution in [0.2, 0.25) is 0 Å². The van der Waals surface area contributed by atoms with Gasteiger partial charge in [0.15, 0.2) is 0 Å². The Hall–Kier alpha value is -3.32. The first kappa shape index (κ1) is 24.3. The number of anilines is 3. The molecule has 2 aromatic rings. The van der Waals surface area contributed by atoms with Crippen LogP contribution in [0.1, 0.15) is 38.3 Å². The summed E-state index contributed by atoms with van der Waals surface area (Å²) in [6, 6.07) is 13.1. The zero-order chi connectivity index (χ0) is 24.0. The number of rotatable bonds is 7. The zero-order valence-electron chi connectivity index (χ0n) is 19.7. The molecule has 0 aromatic heterocycles. The Bertz CT molecular complexity index is 1010. The van der Waals surface area contributed by atoms with Crippen LogP contribution >= 0.6 is 0 Å². The molecule has 1 fully saturated rings. The third-order valence-electron chi connectivity index (χ3n) is 5.85. The van der Waals surface area contributed by atoms with Gasteiger partial charge in [0.05, 0.1) is 30.6 Å². The van der Waals surface area contributed by atoms with E-state index in [0.717, 1.165) is 16.8 Å². The second kappa shape index (κ2) is 11.0. The number of allylic oxidation sites excluding steroid dienone is 1. The average Bonchev–Trinajstić information content (AvgIpc) is 2.78. The molecule has 7 nitrogen and oxygen atoms in total. The number of hydrogen-bond donors (Lipinski definition) is 3. The van der Waals surface area contributed by atoms with Crippen molar-refractivity contribution in [3.8, 4) is 0 Å². The van der Waals surface area contributed by atoms with Gasteiger partial charge in [-0.05, 0) is 54.7 Å². The van der Waals surface area contributed by atoms with Gasteiger partial charge >= 0.3 is 12.0 Å². The number of morpholine rings is 1. The number of urea groups is 1. The summed E-state index contributed by atoms with van der Waals surface area (Å²) in [4.78, 5) is 26.4. The topological polar surface area (TPSA) is 90.9 Å². The third-order valence-corrected chi connectivity index (χ3v) is 5.85. The van der Waals surface area contributed by atoms with Gasteiger partial charge in [0.25, 0.3) is 0 Å². The molecule has 0 aliphatic carbocycles. The van der Waals surface area contributed by atoms with Crippen LogP contribution in [0.25, 0.3) is 5.57 Å². The van der Waals surface area contributed by atoms with Gasteiger partial charge in [-0.15, -0.1) is 0 Å². The lowest BCUT2D eigenvalue weighted by Gasteiger charge is -2.40. The molecule has 2 amide bonds. The van der Waals surface area contributed by atoms with E-state index in [1.54, 1.807) is 0 Å². The van der Waals surface area contributed by atoms with Crippen LogP contribution < -0.4 is 15.5 Å². The lowest BCUT2D eigenvalue weighted by atomic mass is 9.98. The van der Waals surface area contributed by atoms with Gasteiger partial charge in [-0.25, -0.2) is 9.59 Å². The van der Waals surface area contributed by atoms with Gasteiger partial charge in [0.1, 0.15) is 0 Å². The number of carbonyl (C=O) groups is 2. The molecule has 3 N–H and O–H groups in total. The summed E-state index contributed by atoms with van der Waals surface area (Å²) in [5, 5.41) is 15.1. The molecule has 0 radical (unpaired) electrons. The van der Waals surface area contributed by atoms with Crippen molar-refractivity contribution in [1.82, 2.24) is 0 Å². The zero-order valence-corrected chi connectivity index (χ0v) is 19.7. The fourth-order valence-corrected chi connectivity index (χ4v) is 4.02. The summed E-state index contributed by atoms with van der Waals surface area (Å²) in [6.45, 7) is 10.2. The number of carboxylic acid groups (broad SMARTS) is 1. The van der Waals surface area contributed by atoms with Crippen LogP contribution in [0.4, 0.5) is 21.9 Å². The largest absolute Gasteiger partial charge is 0.478 e. The summed E-state index contributed by atoms with van der Waals surface area (Å²) >= 11 is 0. The minimum absolute atomic E-state index is 0.172. The molecular weight excluding hydrogens is 418 g/mol. The highest BCUT2D eigenvalue weighted by atomic mass is 16.5. The SMILES string of the molecule is CC/C(=C\C(=O)O)c1ccc(N2CCOCC2C(C)C)c(NC(=O)Nc2ccc(C)cc2)c1. The normalized spacial score (nSPS) is 16.6. The van der Waals surface area contributed by atoms with Crippen LogP contribution in [0.15, 0.2) is 48.5 Å². The second-order valence-corrected chi connectivity index (χ2v) is 8.62. The van der Waals surface area contributed by atoms with Crippen LogP contribution in [0, 0.1) is 12.8 Å². The number of hydrogen-bond acceptors (Lipinski definition) is 4. The first-order valence-electron chi connectivity index (χ1n) is 11.4. The van der Waals surface area contributed by atoms with Gasteiger partial charge in [-0.1, -0.05) is 44.5 Å². The molecule has 33 heavy (non-hydrogen) atoms. The quantitative estimate of drug-likeness (QED) is 0.492. The number of benzene rings is 2. The van der Waals surface area contributed by atoms with E-state index in [2.05, 4.69) is 29.4 Å². The summed E-state index contributed by atoms with van der Waals surface area (Å²) in [6.07, 6.45) is 1.78. The molecule has 2 aromatic carbocycles. The predicted molar refractivity (Wildman–Crippen MR) is 133 cm³/mol. The summed E-state index contributed by atoms with van der Waals surface area (Å²) in [5.41, 5.74) is 4.80.